The third kappa shape index (κ3) is 3.44. The highest BCUT2D eigenvalue weighted by Gasteiger charge is 2.15. The van der Waals surface area contributed by atoms with Gasteiger partial charge in [0.15, 0.2) is 10.4 Å². The molecule has 0 atom stereocenters. The number of furan rings is 1. The highest BCUT2D eigenvalue weighted by molar-refractivity contribution is 9.10. The van der Waals surface area contributed by atoms with E-state index < -0.39 is 5.97 Å². The summed E-state index contributed by atoms with van der Waals surface area (Å²) in [4.78, 5) is 22.4. The summed E-state index contributed by atoms with van der Waals surface area (Å²) < 4.78 is 6.87. The summed E-state index contributed by atoms with van der Waals surface area (Å²) in [5.41, 5.74) is 1.17. The minimum Gasteiger partial charge on any atom is -0.480 e. The molecule has 2 N–H and O–H groups in total. The molecule has 2 aromatic heterocycles. The van der Waals surface area contributed by atoms with Gasteiger partial charge in [-0.15, -0.1) is 5.10 Å². The summed E-state index contributed by atoms with van der Waals surface area (Å²) in [7, 11) is 0. The average Bonchev–Trinajstić information content (AvgIpc) is 2.92. The second-order valence-corrected chi connectivity index (χ2v) is 4.83. The van der Waals surface area contributed by atoms with E-state index in [1.54, 1.807) is 13.0 Å². The van der Waals surface area contributed by atoms with Crippen LogP contribution < -0.4 is 5.32 Å². The Morgan fingerprint density at radius 2 is 2.30 bits per heavy atom. The van der Waals surface area contributed by atoms with Crippen LogP contribution in [0.25, 0.3) is 0 Å². The quantitative estimate of drug-likeness (QED) is 0.837. The first-order valence-electron chi connectivity index (χ1n) is 5.60. The minimum atomic E-state index is -1.01. The Hall–Kier alpha value is -2.16. The van der Waals surface area contributed by atoms with Crippen LogP contribution in [0.5, 0.6) is 0 Å². The molecule has 0 aliphatic carbocycles. The highest BCUT2D eigenvalue weighted by Crippen LogP contribution is 2.19. The Balaban J connectivity index is 1.95. The summed E-state index contributed by atoms with van der Waals surface area (Å²) in [6, 6.07) is 1.69. The van der Waals surface area contributed by atoms with Crippen LogP contribution in [0.1, 0.15) is 21.8 Å². The van der Waals surface area contributed by atoms with E-state index in [2.05, 4.69) is 31.6 Å². The third-order valence-electron chi connectivity index (χ3n) is 2.41. The molecule has 0 spiro atoms. The maximum atomic E-state index is 11.9. The van der Waals surface area contributed by atoms with E-state index in [0.717, 1.165) is 0 Å². The van der Waals surface area contributed by atoms with E-state index in [4.69, 9.17) is 9.52 Å². The fraction of sp³-hybridized carbons (Fsp3) is 0.273. The van der Waals surface area contributed by atoms with Gasteiger partial charge in [0, 0.05) is 5.56 Å². The van der Waals surface area contributed by atoms with Gasteiger partial charge in [-0.1, -0.05) is 5.21 Å². The maximum absolute atomic E-state index is 11.9. The van der Waals surface area contributed by atoms with Crippen molar-refractivity contribution in [1.29, 1.82) is 0 Å². The van der Waals surface area contributed by atoms with Gasteiger partial charge in [0.2, 0.25) is 0 Å². The number of aryl methyl sites for hydroxylation is 1. The maximum Gasteiger partial charge on any atom is 0.325 e. The zero-order chi connectivity index (χ0) is 14.7. The molecule has 0 aliphatic heterocycles. The van der Waals surface area contributed by atoms with E-state index in [-0.39, 0.29) is 24.8 Å². The van der Waals surface area contributed by atoms with E-state index in [1.807, 2.05) is 0 Å². The van der Waals surface area contributed by atoms with E-state index >= 15 is 0 Å². The first-order valence-corrected chi connectivity index (χ1v) is 6.40. The van der Waals surface area contributed by atoms with Crippen molar-refractivity contribution in [2.45, 2.75) is 20.0 Å². The number of nitrogens with one attached hydrogen (secondary N) is 1. The molecule has 20 heavy (non-hydrogen) atoms. The number of halogens is 1. The number of nitrogens with zero attached hydrogens (tertiary/aromatic N) is 3. The van der Waals surface area contributed by atoms with Crippen molar-refractivity contribution in [3.63, 3.8) is 0 Å². The molecule has 1 amide bonds. The number of carboxylic acids is 1. The van der Waals surface area contributed by atoms with Crippen LogP contribution in [0.2, 0.25) is 0 Å². The number of hydrogen-bond acceptors (Lipinski definition) is 5. The summed E-state index contributed by atoms with van der Waals surface area (Å²) in [6.07, 6.45) is 1.46. The van der Waals surface area contributed by atoms with Crippen molar-refractivity contribution in [2.24, 2.45) is 0 Å². The van der Waals surface area contributed by atoms with Gasteiger partial charge in [0.05, 0.1) is 12.7 Å². The Morgan fingerprint density at radius 3 is 2.90 bits per heavy atom. The summed E-state index contributed by atoms with van der Waals surface area (Å²) >= 11 is 3.15. The van der Waals surface area contributed by atoms with Gasteiger partial charge in [-0.25, -0.2) is 4.68 Å². The lowest BCUT2D eigenvalue weighted by molar-refractivity contribution is -0.137. The molecule has 0 aliphatic rings. The van der Waals surface area contributed by atoms with Crippen molar-refractivity contribution in [3.05, 3.63) is 34.0 Å². The largest absolute Gasteiger partial charge is 0.480 e. The number of hydrogen-bond donors (Lipinski definition) is 2. The summed E-state index contributed by atoms with van der Waals surface area (Å²) in [5, 5.41) is 18.6. The standard InChI is InChI=1S/C11H11BrN4O4/c1-6-2-8(12)20-10(6)11(19)13-3-7-4-16(15-14-7)5-9(17)18/h2,4H,3,5H2,1H3,(H,13,19)(H,17,18). The zero-order valence-electron chi connectivity index (χ0n) is 10.5. The zero-order valence-corrected chi connectivity index (χ0v) is 12.0. The average molecular weight is 343 g/mol. The highest BCUT2D eigenvalue weighted by atomic mass is 79.9. The fourth-order valence-electron chi connectivity index (χ4n) is 1.56. The van der Waals surface area contributed by atoms with Crippen LogP contribution in [0, 0.1) is 6.92 Å². The smallest absolute Gasteiger partial charge is 0.325 e. The molecule has 2 heterocycles. The number of carbonyl (C=O) groups is 2. The van der Waals surface area contributed by atoms with Crippen molar-refractivity contribution in [1.82, 2.24) is 20.3 Å². The number of aromatic nitrogens is 3. The molecule has 0 aromatic carbocycles. The molecule has 106 valence electrons. The van der Waals surface area contributed by atoms with Gasteiger partial charge in [-0.3, -0.25) is 9.59 Å². The Bertz CT molecular complexity index is 649. The Morgan fingerprint density at radius 1 is 1.55 bits per heavy atom. The monoisotopic (exact) mass is 342 g/mol. The molecule has 0 fully saturated rings. The van der Waals surface area contributed by atoms with E-state index in [1.165, 1.54) is 10.9 Å². The first-order chi connectivity index (χ1) is 9.45. The van der Waals surface area contributed by atoms with Gasteiger partial charge < -0.3 is 14.8 Å². The molecule has 9 heteroatoms. The van der Waals surface area contributed by atoms with Crippen molar-refractivity contribution in [2.75, 3.05) is 0 Å². The number of aliphatic carboxylic acids is 1. The predicted octanol–water partition coefficient (Wildman–Crippen LogP) is 0.957. The molecule has 8 nitrogen and oxygen atoms in total. The predicted molar refractivity (Wildman–Crippen MR) is 70.0 cm³/mol. The van der Waals surface area contributed by atoms with Crippen molar-refractivity contribution < 1.29 is 19.1 Å². The molecule has 2 aromatic rings. The number of carbonyl (C=O) groups excluding carboxylic acids is 1. The van der Waals surface area contributed by atoms with Crippen LogP contribution in [0.15, 0.2) is 21.3 Å². The lowest BCUT2D eigenvalue weighted by atomic mass is 10.2. The Labute approximate surface area is 121 Å². The third-order valence-corrected chi connectivity index (χ3v) is 2.80. The number of amides is 1. The topological polar surface area (TPSA) is 110 Å². The molecule has 0 bridgehead atoms. The molecule has 2 rings (SSSR count). The molecule has 0 saturated heterocycles. The normalized spacial score (nSPS) is 10.5. The minimum absolute atomic E-state index is 0.135. The van der Waals surface area contributed by atoms with Crippen LogP contribution in [-0.4, -0.2) is 32.0 Å². The Kier molecular flexibility index (Phi) is 4.18. The van der Waals surface area contributed by atoms with Gasteiger partial charge in [0.25, 0.3) is 5.91 Å². The lowest BCUT2D eigenvalue weighted by Crippen LogP contribution is -2.23. The van der Waals surface area contributed by atoms with Gasteiger partial charge in [0.1, 0.15) is 12.2 Å². The van der Waals surface area contributed by atoms with E-state index in [9.17, 15) is 9.59 Å². The first kappa shape index (κ1) is 14.3. The van der Waals surface area contributed by atoms with Gasteiger partial charge in [-0.2, -0.15) is 0 Å². The molecule has 0 saturated carbocycles. The van der Waals surface area contributed by atoms with Gasteiger partial charge in [-0.05, 0) is 28.9 Å². The summed E-state index contributed by atoms with van der Waals surface area (Å²) in [5.74, 6) is -1.17. The molecule has 0 radical (unpaired) electrons. The molecular weight excluding hydrogens is 332 g/mol. The van der Waals surface area contributed by atoms with E-state index in [0.29, 0.717) is 15.9 Å². The molecular formula is C11H11BrN4O4. The molecule has 0 unspecified atom stereocenters. The SMILES string of the molecule is Cc1cc(Br)oc1C(=O)NCc1cn(CC(=O)O)nn1. The van der Waals surface area contributed by atoms with Crippen molar-refractivity contribution >= 4 is 27.8 Å². The van der Waals surface area contributed by atoms with Crippen LogP contribution in [0.3, 0.4) is 0 Å². The number of carboxylic acid groups (broad SMARTS) is 1. The van der Waals surface area contributed by atoms with Crippen LogP contribution in [-0.2, 0) is 17.9 Å². The lowest BCUT2D eigenvalue weighted by Gasteiger charge is -2.00. The van der Waals surface area contributed by atoms with Crippen LogP contribution >= 0.6 is 15.9 Å². The number of rotatable bonds is 5. The summed E-state index contributed by atoms with van der Waals surface area (Å²) in [6.45, 7) is 1.62. The second-order valence-electron chi connectivity index (χ2n) is 4.05. The van der Waals surface area contributed by atoms with Crippen molar-refractivity contribution in [3.8, 4) is 0 Å². The second kappa shape index (κ2) is 5.87. The fourth-order valence-corrected chi connectivity index (χ4v) is 2.06. The van der Waals surface area contributed by atoms with Gasteiger partial charge >= 0.3 is 5.97 Å². The van der Waals surface area contributed by atoms with Crippen LogP contribution in [0.4, 0.5) is 0 Å².